The molecule has 0 amide bonds. The van der Waals surface area contributed by atoms with E-state index in [0.717, 1.165) is 23.4 Å². The molecule has 0 bridgehead atoms. The van der Waals surface area contributed by atoms with Crippen molar-refractivity contribution in [1.82, 2.24) is 9.80 Å². The van der Waals surface area contributed by atoms with Crippen LogP contribution in [0.2, 0.25) is 5.02 Å². The predicted molar refractivity (Wildman–Crippen MR) is 111 cm³/mol. The number of hydrogen-bond acceptors (Lipinski definition) is 4. The van der Waals surface area contributed by atoms with Crippen molar-refractivity contribution in [3.8, 4) is 0 Å². The standard InChI is InChI=1S/C22H29ClN2O3/c1-14(2)21-20(22(26)27)15(3)11-19(24-9-10-28-13-16(24)4)25(21)12-17-5-7-18(23)8-6-17/h5-8,11,14,16,19H,9-10,12-13H2,1-4H3,(H,26,27)/t16-,19?/m1/s1. The largest absolute Gasteiger partial charge is 0.478 e. The van der Waals surface area contributed by atoms with Crippen LogP contribution in [0.3, 0.4) is 0 Å². The highest BCUT2D eigenvalue weighted by molar-refractivity contribution is 6.30. The van der Waals surface area contributed by atoms with Gasteiger partial charge < -0.3 is 14.7 Å². The van der Waals surface area contributed by atoms with Crippen LogP contribution in [0, 0.1) is 5.92 Å². The molecule has 5 nitrogen and oxygen atoms in total. The smallest absolute Gasteiger partial charge is 0.337 e. The van der Waals surface area contributed by atoms with Crippen LogP contribution in [0.25, 0.3) is 0 Å². The third-order valence-corrected chi connectivity index (χ3v) is 5.72. The number of allylic oxidation sites excluding steroid dienone is 1. The fraction of sp³-hybridized carbons (Fsp3) is 0.500. The molecular weight excluding hydrogens is 376 g/mol. The molecule has 2 heterocycles. The number of hydrogen-bond donors (Lipinski definition) is 1. The number of rotatable bonds is 5. The van der Waals surface area contributed by atoms with E-state index in [1.165, 1.54) is 0 Å². The summed E-state index contributed by atoms with van der Waals surface area (Å²) in [6.45, 7) is 11.0. The fourth-order valence-corrected chi connectivity index (χ4v) is 4.28. The Morgan fingerprint density at radius 2 is 2.00 bits per heavy atom. The van der Waals surface area contributed by atoms with E-state index in [2.05, 4.69) is 36.6 Å². The maximum Gasteiger partial charge on any atom is 0.337 e. The molecule has 1 aromatic carbocycles. The van der Waals surface area contributed by atoms with Crippen molar-refractivity contribution >= 4 is 17.6 Å². The summed E-state index contributed by atoms with van der Waals surface area (Å²) in [6, 6.07) is 8.03. The van der Waals surface area contributed by atoms with Crippen LogP contribution >= 0.6 is 11.6 Å². The van der Waals surface area contributed by atoms with Gasteiger partial charge in [0.1, 0.15) is 6.17 Å². The van der Waals surface area contributed by atoms with E-state index in [-0.39, 0.29) is 18.1 Å². The third kappa shape index (κ3) is 4.27. The molecular formula is C22H29ClN2O3. The zero-order valence-electron chi connectivity index (χ0n) is 17.0. The molecule has 6 heteroatoms. The summed E-state index contributed by atoms with van der Waals surface area (Å²) >= 11 is 6.05. The fourth-order valence-electron chi connectivity index (χ4n) is 4.16. The minimum atomic E-state index is -0.868. The number of morpholine rings is 1. The molecule has 28 heavy (non-hydrogen) atoms. The van der Waals surface area contributed by atoms with E-state index in [0.29, 0.717) is 30.4 Å². The summed E-state index contributed by atoms with van der Waals surface area (Å²) < 4.78 is 5.63. The molecule has 152 valence electrons. The third-order valence-electron chi connectivity index (χ3n) is 5.46. The van der Waals surface area contributed by atoms with E-state index in [4.69, 9.17) is 16.3 Å². The van der Waals surface area contributed by atoms with E-state index in [1.807, 2.05) is 31.2 Å². The molecule has 3 rings (SSSR count). The van der Waals surface area contributed by atoms with Gasteiger partial charge in [-0.3, -0.25) is 4.90 Å². The maximum atomic E-state index is 12.1. The zero-order chi connectivity index (χ0) is 20.4. The summed E-state index contributed by atoms with van der Waals surface area (Å²) in [5.74, 6) is -0.784. The van der Waals surface area contributed by atoms with E-state index in [9.17, 15) is 9.90 Å². The molecule has 2 aliphatic heterocycles. The highest BCUT2D eigenvalue weighted by Crippen LogP contribution is 2.35. The second-order valence-corrected chi connectivity index (χ2v) is 8.34. The van der Waals surface area contributed by atoms with Gasteiger partial charge in [-0.2, -0.15) is 0 Å². The van der Waals surface area contributed by atoms with Gasteiger partial charge in [-0.25, -0.2) is 4.79 Å². The Bertz CT molecular complexity index is 785. The van der Waals surface area contributed by atoms with E-state index < -0.39 is 5.97 Å². The van der Waals surface area contributed by atoms with Crippen molar-refractivity contribution in [2.45, 2.75) is 46.4 Å². The quantitative estimate of drug-likeness (QED) is 0.799. The van der Waals surface area contributed by atoms with Crippen LogP contribution in [0.4, 0.5) is 0 Å². The van der Waals surface area contributed by atoms with Gasteiger partial charge in [-0.15, -0.1) is 0 Å². The van der Waals surface area contributed by atoms with E-state index >= 15 is 0 Å². The molecule has 0 spiro atoms. The average Bonchev–Trinajstić information content (AvgIpc) is 2.64. The average molecular weight is 405 g/mol. The first-order valence-corrected chi connectivity index (χ1v) is 10.2. The zero-order valence-corrected chi connectivity index (χ0v) is 17.7. The van der Waals surface area contributed by atoms with Gasteiger partial charge in [0.25, 0.3) is 0 Å². The van der Waals surface area contributed by atoms with Crippen LogP contribution in [0.15, 0.2) is 47.2 Å². The van der Waals surface area contributed by atoms with Gasteiger partial charge in [-0.1, -0.05) is 37.6 Å². The van der Waals surface area contributed by atoms with Crippen LogP contribution in [-0.2, 0) is 16.1 Å². The summed E-state index contributed by atoms with van der Waals surface area (Å²) in [5, 5.41) is 10.6. The Morgan fingerprint density at radius 3 is 2.57 bits per heavy atom. The Labute approximate surface area is 172 Å². The van der Waals surface area contributed by atoms with Crippen molar-refractivity contribution in [3.05, 3.63) is 57.8 Å². The molecule has 0 radical (unpaired) electrons. The number of aliphatic carboxylic acids is 1. The lowest BCUT2D eigenvalue weighted by atomic mass is 9.91. The lowest BCUT2D eigenvalue weighted by molar-refractivity contribution is -0.132. The molecule has 1 N–H and O–H groups in total. The van der Waals surface area contributed by atoms with Crippen LogP contribution < -0.4 is 0 Å². The van der Waals surface area contributed by atoms with Crippen LogP contribution in [0.5, 0.6) is 0 Å². The van der Waals surface area contributed by atoms with Gasteiger partial charge in [0, 0.05) is 29.9 Å². The minimum absolute atomic E-state index is 0.00456. The number of ether oxygens (including phenoxy) is 1. The molecule has 0 aromatic heterocycles. The molecule has 2 atom stereocenters. The lowest BCUT2D eigenvalue weighted by Crippen LogP contribution is -2.56. The first-order valence-electron chi connectivity index (χ1n) is 9.80. The van der Waals surface area contributed by atoms with E-state index in [1.54, 1.807) is 0 Å². The maximum absolute atomic E-state index is 12.1. The number of nitrogens with zero attached hydrogens (tertiary/aromatic N) is 2. The highest BCUT2D eigenvalue weighted by atomic mass is 35.5. The number of carbonyl (C=O) groups is 1. The van der Waals surface area contributed by atoms with Crippen LogP contribution in [0.1, 0.15) is 33.3 Å². The predicted octanol–water partition coefficient (Wildman–Crippen LogP) is 4.14. The van der Waals surface area contributed by atoms with Gasteiger partial charge in [0.05, 0.1) is 18.8 Å². The number of benzene rings is 1. The van der Waals surface area contributed by atoms with Crippen LogP contribution in [-0.4, -0.2) is 52.8 Å². The lowest BCUT2D eigenvalue weighted by Gasteiger charge is -2.48. The Hall–Kier alpha value is -1.82. The summed E-state index contributed by atoms with van der Waals surface area (Å²) in [6.07, 6.45) is 2.09. The van der Waals surface area contributed by atoms with Crippen molar-refractivity contribution in [2.75, 3.05) is 19.8 Å². The highest BCUT2D eigenvalue weighted by Gasteiger charge is 2.37. The summed E-state index contributed by atoms with van der Waals surface area (Å²) in [4.78, 5) is 16.7. The van der Waals surface area contributed by atoms with Crippen molar-refractivity contribution in [3.63, 3.8) is 0 Å². The van der Waals surface area contributed by atoms with Gasteiger partial charge in [-0.05, 0) is 49.1 Å². The number of halogens is 1. The normalized spacial score (nSPS) is 23.9. The Kier molecular flexibility index (Phi) is 6.48. The number of carboxylic acids is 1. The van der Waals surface area contributed by atoms with Crippen molar-refractivity contribution in [2.24, 2.45) is 5.92 Å². The first-order chi connectivity index (χ1) is 13.3. The molecule has 1 saturated heterocycles. The second kappa shape index (κ2) is 8.68. The van der Waals surface area contributed by atoms with Gasteiger partial charge >= 0.3 is 5.97 Å². The SMILES string of the molecule is CC1=CC(N2CCOC[C@H]2C)N(Cc2ccc(Cl)cc2)C(C(C)C)=C1C(=O)O. The van der Waals surface area contributed by atoms with Crippen molar-refractivity contribution < 1.29 is 14.6 Å². The van der Waals surface area contributed by atoms with Gasteiger partial charge in [0.2, 0.25) is 0 Å². The Balaban J connectivity index is 2.06. The second-order valence-electron chi connectivity index (χ2n) is 7.90. The topological polar surface area (TPSA) is 53.0 Å². The molecule has 1 unspecified atom stereocenters. The molecule has 2 aliphatic rings. The molecule has 1 aromatic rings. The molecule has 0 aliphatic carbocycles. The molecule has 1 fully saturated rings. The summed E-state index contributed by atoms with van der Waals surface area (Å²) in [5.41, 5.74) is 3.23. The monoisotopic (exact) mass is 404 g/mol. The molecule has 0 saturated carbocycles. The van der Waals surface area contributed by atoms with Gasteiger partial charge in [0.15, 0.2) is 0 Å². The summed E-state index contributed by atoms with van der Waals surface area (Å²) in [7, 11) is 0. The van der Waals surface area contributed by atoms with Crippen molar-refractivity contribution in [1.29, 1.82) is 0 Å². The Morgan fingerprint density at radius 1 is 1.32 bits per heavy atom. The number of carboxylic acid groups (broad SMARTS) is 1. The minimum Gasteiger partial charge on any atom is -0.478 e. The first kappa shape index (κ1) is 20.9.